The fourth-order valence-electron chi connectivity index (χ4n) is 2.44. The van der Waals surface area contributed by atoms with E-state index in [0.717, 1.165) is 18.4 Å². The Labute approximate surface area is 95.8 Å². The molecule has 16 heavy (non-hydrogen) atoms. The molecule has 1 heteroatoms. The van der Waals surface area contributed by atoms with Gasteiger partial charge in [0.1, 0.15) is 0 Å². The van der Waals surface area contributed by atoms with Gasteiger partial charge in [-0.2, -0.15) is 0 Å². The SMILES string of the molecule is Cc1cc(C2CC=CC2)nc2ccccc12. The molecule has 0 fully saturated rings. The lowest BCUT2D eigenvalue weighted by molar-refractivity contribution is 0.728. The van der Waals surface area contributed by atoms with Crippen LogP contribution in [0.15, 0.2) is 42.5 Å². The van der Waals surface area contributed by atoms with Crippen molar-refractivity contribution in [3.05, 3.63) is 53.7 Å². The topological polar surface area (TPSA) is 12.9 Å². The highest BCUT2D eigenvalue weighted by Crippen LogP contribution is 2.30. The average molecular weight is 209 g/mol. The van der Waals surface area contributed by atoms with Gasteiger partial charge in [-0.3, -0.25) is 4.98 Å². The molecule has 1 aromatic heterocycles. The number of aryl methyl sites for hydroxylation is 1. The van der Waals surface area contributed by atoms with Gasteiger partial charge in [-0.25, -0.2) is 0 Å². The lowest BCUT2D eigenvalue weighted by Crippen LogP contribution is -1.98. The van der Waals surface area contributed by atoms with E-state index in [1.165, 1.54) is 16.6 Å². The molecule has 1 heterocycles. The first-order valence-electron chi connectivity index (χ1n) is 5.86. The summed E-state index contributed by atoms with van der Waals surface area (Å²) in [5.41, 5.74) is 3.72. The van der Waals surface area contributed by atoms with Crippen LogP contribution >= 0.6 is 0 Å². The molecular weight excluding hydrogens is 194 g/mol. The monoisotopic (exact) mass is 209 g/mol. The number of allylic oxidation sites excluding steroid dienone is 2. The molecule has 0 saturated heterocycles. The van der Waals surface area contributed by atoms with E-state index in [0.29, 0.717) is 5.92 Å². The minimum Gasteiger partial charge on any atom is -0.253 e. The third-order valence-electron chi connectivity index (χ3n) is 3.37. The summed E-state index contributed by atoms with van der Waals surface area (Å²) < 4.78 is 0. The summed E-state index contributed by atoms with van der Waals surface area (Å²) >= 11 is 0. The zero-order chi connectivity index (χ0) is 11.0. The van der Waals surface area contributed by atoms with Crippen LogP contribution < -0.4 is 0 Å². The smallest absolute Gasteiger partial charge is 0.0708 e. The van der Waals surface area contributed by atoms with Gasteiger partial charge < -0.3 is 0 Å². The molecule has 0 saturated carbocycles. The van der Waals surface area contributed by atoms with Gasteiger partial charge >= 0.3 is 0 Å². The number of para-hydroxylation sites is 1. The molecule has 1 aromatic carbocycles. The predicted octanol–water partition coefficient (Wildman–Crippen LogP) is 3.98. The van der Waals surface area contributed by atoms with Crippen LogP contribution in [0, 0.1) is 6.92 Å². The van der Waals surface area contributed by atoms with Crippen molar-refractivity contribution in [1.29, 1.82) is 0 Å². The Morgan fingerprint density at radius 3 is 2.69 bits per heavy atom. The summed E-state index contributed by atoms with van der Waals surface area (Å²) in [5.74, 6) is 0.600. The van der Waals surface area contributed by atoms with Crippen molar-refractivity contribution in [3.63, 3.8) is 0 Å². The van der Waals surface area contributed by atoms with Crippen LogP contribution in [0.2, 0.25) is 0 Å². The van der Waals surface area contributed by atoms with Crippen LogP contribution in [-0.2, 0) is 0 Å². The molecule has 0 radical (unpaired) electrons. The highest BCUT2D eigenvalue weighted by Gasteiger charge is 2.15. The molecule has 80 valence electrons. The van der Waals surface area contributed by atoms with Crippen LogP contribution in [0.4, 0.5) is 0 Å². The van der Waals surface area contributed by atoms with Crippen molar-refractivity contribution in [2.75, 3.05) is 0 Å². The Morgan fingerprint density at radius 2 is 1.88 bits per heavy atom. The number of rotatable bonds is 1. The standard InChI is InChI=1S/C15H15N/c1-11-10-15(12-6-2-3-7-12)16-14-9-5-4-8-13(11)14/h2-5,8-10,12H,6-7H2,1H3. The van der Waals surface area contributed by atoms with Gasteiger partial charge in [-0.05, 0) is 37.5 Å². The van der Waals surface area contributed by atoms with Crippen LogP contribution in [0.5, 0.6) is 0 Å². The largest absolute Gasteiger partial charge is 0.253 e. The fraction of sp³-hybridized carbons (Fsp3) is 0.267. The summed E-state index contributed by atoms with van der Waals surface area (Å²) in [6, 6.07) is 10.6. The van der Waals surface area contributed by atoms with Crippen LogP contribution in [0.25, 0.3) is 10.9 Å². The van der Waals surface area contributed by atoms with Gasteiger partial charge in [0.15, 0.2) is 0 Å². The van der Waals surface area contributed by atoms with Gasteiger partial charge in [0.25, 0.3) is 0 Å². The molecule has 0 bridgehead atoms. The van der Waals surface area contributed by atoms with Gasteiger partial charge in [0, 0.05) is 17.0 Å². The van der Waals surface area contributed by atoms with E-state index in [1.807, 2.05) is 0 Å². The summed E-state index contributed by atoms with van der Waals surface area (Å²) in [7, 11) is 0. The molecule has 1 aliphatic carbocycles. The number of nitrogens with zero attached hydrogens (tertiary/aromatic N) is 1. The molecule has 1 aliphatic rings. The number of aromatic nitrogens is 1. The minimum absolute atomic E-state index is 0.600. The Kier molecular flexibility index (Phi) is 2.24. The van der Waals surface area contributed by atoms with E-state index >= 15 is 0 Å². The number of hydrogen-bond acceptors (Lipinski definition) is 1. The summed E-state index contributed by atoms with van der Waals surface area (Å²) in [6.45, 7) is 2.18. The van der Waals surface area contributed by atoms with Crippen molar-refractivity contribution >= 4 is 10.9 Å². The summed E-state index contributed by atoms with van der Waals surface area (Å²) in [5, 5.41) is 1.28. The first kappa shape index (κ1) is 9.59. The zero-order valence-corrected chi connectivity index (χ0v) is 9.48. The lowest BCUT2D eigenvalue weighted by atomic mass is 9.99. The summed E-state index contributed by atoms with van der Waals surface area (Å²) in [6.07, 6.45) is 6.81. The van der Waals surface area contributed by atoms with Gasteiger partial charge in [-0.15, -0.1) is 0 Å². The molecule has 0 atom stereocenters. The molecule has 0 spiro atoms. The highest BCUT2D eigenvalue weighted by molar-refractivity contribution is 5.82. The van der Waals surface area contributed by atoms with E-state index in [4.69, 9.17) is 4.98 Å². The van der Waals surface area contributed by atoms with Crippen molar-refractivity contribution in [2.45, 2.75) is 25.7 Å². The van der Waals surface area contributed by atoms with Gasteiger partial charge in [0.2, 0.25) is 0 Å². The average Bonchev–Trinajstić information content (AvgIpc) is 2.82. The third kappa shape index (κ3) is 1.53. The molecule has 1 nitrogen and oxygen atoms in total. The van der Waals surface area contributed by atoms with Crippen molar-refractivity contribution < 1.29 is 0 Å². The second kappa shape index (κ2) is 3.75. The third-order valence-corrected chi connectivity index (χ3v) is 3.37. The molecule has 0 amide bonds. The number of fused-ring (bicyclic) bond motifs is 1. The van der Waals surface area contributed by atoms with Crippen molar-refractivity contribution in [1.82, 2.24) is 4.98 Å². The van der Waals surface area contributed by atoms with Gasteiger partial charge in [0.05, 0.1) is 5.52 Å². The predicted molar refractivity (Wildman–Crippen MR) is 67.6 cm³/mol. The van der Waals surface area contributed by atoms with E-state index in [9.17, 15) is 0 Å². The first-order chi connectivity index (χ1) is 7.84. The first-order valence-corrected chi connectivity index (χ1v) is 5.86. The van der Waals surface area contributed by atoms with Crippen molar-refractivity contribution in [3.8, 4) is 0 Å². The van der Waals surface area contributed by atoms with Crippen LogP contribution in [0.1, 0.15) is 30.0 Å². The van der Waals surface area contributed by atoms with Crippen molar-refractivity contribution in [2.24, 2.45) is 0 Å². The maximum absolute atomic E-state index is 4.78. The maximum atomic E-state index is 4.78. The number of benzene rings is 1. The van der Waals surface area contributed by atoms with E-state index < -0.39 is 0 Å². The van der Waals surface area contributed by atoms with E-state index in [-0.39, 0.29) is 0 Å². The van der Waals surface area contributed by atoms with Crippen LogP contribution in [0.3, 0.4) is 0 Å². The second-order valence-corrected chi connectivity index (χ2v) is 4.52. The minimum atomic E-state index is 0.600. The number of pyridine rings is 1. The Morgan fingerprint density at radius 1 is 1.12 bits per heavy atom. The summed E-state index contributed by atoms with van der Waals surface area (Å²) in [4.78, 5) is 4.78. The lowest BCUT2D eigenvalue weighted by Gasteiger charge is -2.11. The van der Waals surface area contributed by atoms with E-state index in [1.54, 1.807) is 0 Å². The van der Waals surface area contributed by atoms with E-state index in [2.05, 4.69) is 49.4 Å². The normalized spacial score (nSPS) is 16.1. The zero-order valence-electron chi connectivity index (χ0n) is 9.48. The molecule has 3 rings (SSSR count). The molecular formula is C15H15N. The quantitative estimate of drug-likeness (QED) is 0.647. The fourth-order valence-corrected chi connectivity index (χ4v) is 2.44. The Bertz CT molecular complexity index is 546. The number of hydrogen-bond donors (Lipinski definition) is 0. The van der Waals surface area contributed by atoms with Gasteiger partial charge in [-0.1, -0.05) is 30.4 Å². The molecule has 0 N–H and O–H groups in total. The molecule has 0 aliphatic heterocycles. The van der Waals surface area contributed by atoms with Crippen LogP contribution in [-0.4, -0.2) is 4.98 Å². The molecule has 2 aromatic rings. The highest BCUT2D eigenvalue weighted by atomic mass is 14.7. The Balaban J connectivity index is 2.13. The molecule has 0 unspecified atom stereocenters. The maximum Gasteiger partial charge on any atom is 0.0708 e. The second-order valence-electron chi connectivity index (χ2n) is 4.52. The Hall–Kier alpha value is -1.63.